The van der Waals surface area contributed by atoms with Gasteiger partial charge in [0.05, 0.1) is 18.6 Å². The molecule has 10 heteroatoms. The highest BCUT2D eigenvalue weighted by molar-refractivity contribution is 7.89. The highest BCUT2D eigenvalue weighted by Gasteiger charge is 2.30. The molecule has 32 heavy (non-hydrogen) atoms. The number of amides is 2. The lowest BCUT2D eigenvalue weighted by atomic mass is 10.1. The summed E-state index contributed by atoms with van der Waals surface area (Å²) in [5, 5.41) is 3.11. The second-order valence-electron chi connectivity index (χ2n) is 7.16. The molecule has 2 rings (SSSR count). The Hall–Kier alpha value is -2.62. The Morgan fingerprint density at radius 1 is 1.16 bits per heavy atom. The maximum absolute atomic E-state index is 13.2. The summed E-state index contributed by atoms with van der Waals surface area (Å²) in [7, 11) is -1.06. The summed E-state index contributed by atoms with van der Waals surface area (Å²) in [6.45, 7) is 3.49. The van der Waals surface area contributed by atoms with Crippen LogP contribution in [0.3, 0.4) is 0 Å². The van der Waals surface area contributed by atoms with E-state index in [0.29, 0.717) is 17.3 Å². The highest BCUT2D eigenvalue weighted by atomic mass is 35.5. The van der Waals surface area contributed by atoms with E-state index in [0.717, 1.165) is 9.87 Å². The van der Waals surface area contributed by atoms with Crippen molar-refractivity contribution < 1.29 is 22.7 Å². The normalized spacial score (nSPS) is 12.3. The molecule has 1 N–H and O–H groups in total. The molecule has 0 unspecified atom stereocenters. The second-order valence-corrected chi connectivity index (χ2v) is 9.64. The van der Waals surface area contributed by atoms with Gasteiger partial charge in [0.15, 0.2) is 0 Å². The van der Waals surface area contributed by atoms with Crippen LogP contribution in [0.4, 0.5) is 0 Å². The van der Waals surface area contributed by atoms with Gasteiger partial charge in [0.1, 0.15) is 11.8 Å². The molecular weight excluding hydrogens is 454 g/mol. The smallest absolute Gasteiger partial charge is 0.243 e. The lowest BCUT2D eigenvalue weighted by Crippen LogP contribution is -2.50. The van der Waals surface area contributed by atoms with Crippen LogP contribution in [0, 0.1) is 0 Å². The van der Waals surface area contributed by atoms with E-state index >= 15 is 0 Å². The van der Waals surface area contributed by atoms with Crippen molar-refractivity contribution in [2.75, 3.05) is 27.2 Å². The van der Waals surface area contributed by atoms with Crippen LogP contribution in [0.15, 0.2) is 53.4 Å². The minimum absolute atomic E-state index is 0.0216. The second kappa shape index (κ2) is 11.3. The summed E-state index contributed by atoms with van der Waals surface area (Å²) in [5.74, 6) is -0.221. The number of nitrogens with zero attached hydrogens (tertiary/aromatic N) is 2. The van der Waals surface area contributed by atoms with Crippen LogP contribution in [-0.4, -0.2) is 62.7 Å². The number of carbonyl (C=O) groups is 2. The van der Waals surface area contributed by atoms with Crippen molar-refractivity contribution in [3.05, 3.63) is 59.1 Å². The van der Waals surface area contributed by atoms with E-state index in [1.54, 1.807) is 38.1 Å². The molecule has 0 aliphatic rings. The topological polar surface area (TPSA) is 96.0 Å². The van der Waals surface area contributed by atoms with Crippen molar-refractivity contribution >= 4 is 33.4 Å². The molecule has 2 aromatic rings. The van der Waals surface area contributed by atoms with Gasteiger partial charge in [0, 0.05) is 25.2 Å². The van der Waals surface area contributed by atoms with Gasteiger partial charge < -0.3 is 15.0 Å². The van der Waals surface area contributed by atoms with E-state index in [1.165, 1.54) is 43.3 Å². The van der Waals surface area contributed by atoms with E-state index < -0.39 is 28.5 Å². The number of benzene rings is 2. The SMILES string of the molecule is CCNC(=O)[C@@H](C)N(Cc1cccc(OC)c1)C(=O)CN(C)S(=O)(=O)c1ccc(Cl)cc1. The average molecular weight is 482 g/mol. The molecule has 0 fully saturated rings. The fourth-order valence-electron chi connectivity index (χ4n) is 3.02. The Balaban J connectivity index is 2.27. The van der Waals surface area contributed by atoms with Gasteiger partial charge in [-0.25, -0.2) is 8.42 Å². The van der Waals surface area contributed by atoms with Crippen molar-refractivity contribution in [2.45, 2.75) is 31.3 Å². The molecule has 1 atom stereocenters. The zero-order valence-corrected chi connectivity index (χ0v) is 20.1. The fraction of sp³-hybridized carbons (Fsp3) is 0.364. The fourth-order valence-corrected chi connectivity index (χ4v) is 4.27. The van der Waals surface area contributed by atoms with Crippen LogP contribution in [0.2, 0.25) is 5.02 Å². The number of ether oxygens (including phenoxy) is 1. The van der Waals surface area contributed by atoms with Gasteiger partial charge in [-0.3, -0.25) is 9.59 Å². The Bertz CT molecular complexity index is 1040. The minimum Gasteiger partial charge on any atom is -0.497 e. The Morgan fingerprint density at radius 3 is 2.41 bits per heavy atom. The molecule has 0 aliphatic heterocycles. The van der Waals surface area contributed by atoms with Crippen molar-refractivity contribution in [3.63, 3.8) is 0 Å². The van der Waals surface area contributed by atoms with Crippen LogP contribution >= 0.6 is 11.6 Å². The number of rotatable bonds is 10. The summed E-state index contributed by atoms with van der Waals surface area (Å²) in [5.41, 5.74) is 0.747. The van der Waals surface area contributed by atoms with Gasteiger partial charge in [0.25, 0.3) is 0 Å². The summed E-state index contributed by atoms with van der Waals surface area (Å²) in [6, 6.07) is 12.0. The van der Waals surface area contributed by atoms with Crippen molar-refractivity contribution in [1.82, 2.24) is 14.5 Å². The first-order chi connectivity index (χ1) is 15.1. The summed E-state index contributed by atoms with van der Waals surface area (Å²) < 4.78 is 31.9. The molecule has 174 valence electrons. The van der Waals surface area contributed by atoms with Gasteiger partial charge in [-0.1, -0.05) is 23.7 Å². The van der Waals surface area contributed by atoms with E-state index in [9.17, 15) is 18.0 Å². The number of hydrogen-bond acceptors (Lipinski definition) is 5. The highest BCUT2D eigenvalue weighted by Crippen LogP contribution is 2.19. The third-order valence-corrected chi connectivity index (χ3v) is 6.95. The summed E-state index contributed by atoms with van der Waals surface area (Å²) in [4.78, 5) is 27.0. The molecule has 0 aliphatic carbocycles. The van der Waals surface area contributed by atoms with E-state index in [2.05, 4.69) is 5.32 Å². The molecule has 0 heterocycles. The third-order valence-electron chi connectivity index (χ3n) is 4.89. The van der Waals surface area contributed by atoms with Crippen LogP contribution < -0.4 is 10.1 Å². The molecule has 0 saturated heterocycles. The zero-order chi connectivity index (χ0) is 23.9. The lowest BCUT2D eigenvalue weighted by Gasteiger charge is -2.30. The van der Waals surface area contributed by atoms with Gasteiger partial charge in [-0.05, 0) is 55.8 Å². The average Bonchev–Trinajstić information content (AvgIpc) is 2.77. The molecular formula is C22H28ClN3O5S. The van der Waals surface area contributed by atoms with Crippen molar-refractivity contribution in [2.24, 2.45) is 0 Å². The number of methoxy groups -OCH3 is 1. The van der Waals surface area contributed by atoms with E-state index in [1.807, 2.05) is 0 Å². The number of halogens is 1. The van der Waals surface area contributed by atoms with Crippen LogP contribution in [0.25, 0.3) is 0 Å². The number of likely N-dealkylation sites (N-methyl/N-ethyl adjacent to an activating group) is 2. The molecule has 2 aromatic carbocycles. The van der Waals surface area contributed by atoms with E-state index in [-0.39, 0.29) is 17.3 Å². The summed E-state index contributed by atoms with van der Waals surface area (Å²) in [6.07, 6.45) is 0. The predicted octanol–water partition coefficient (Wildman–Crippen LogP) is 2.52. The zero-order valence-electron chi connectivity index (χ0n) is 18.5. The molecule has 0 bridgehead atoms. The molecule has 0 spiro atoms. The summed E-state index contributed by atoms with van der Waals surface area (Å²) >= 11 is 5.84. The maximum Gasteiger partial charge on any atom is 0.243 e. The molecule has 0 saturated carbocycles. The molecule has 2 amide bonds. The Morgan fingerprint density at radius 2 is 1.81 bits per heavy atom. The monoisotopic (exact) mass is 481 g/mol. The lowest BCUT2D eigenvalue weighted by molar-refractivity contribution is -0.140. The Labute approximate surface area is 194 Å². The standard InChI is InChI=1S/C22H28ClN3O5S/c1-5-24-22(28)16(2)26(14-17-7-6-8-19(13-17)31-4)21(27)15-25(3)32(29,30)20-11-9-18(23)10-12-20/h6-13,16H,5,14-15H2,1-4H3,(H,24,28)/t16-/m1/s1. The van der Waals surface area contributed by atoms with Gasteiger partial charge in [-0.15, -0.1) is 0 Å². The molecule has 8 nitrogen and oxygen atoms in total. The van der Waals surface area contributed by atoms with Gasteiger partial charge in [0.2, 0.25) is 21.8 Å². The minimum atomic E-state index is -3.92. The molecule has 0 aromatic heterocycles. The molecule has 0 radical (unpaired) electrons. The first-order valence-corrected chi connectivity index (χ1v) is 11.8. The quantitative estimate of drug-likeness (QED) is 0.562. The van der Waals surface area contributed by atoms with Crippen molar-refractivity contribution in [1.29, 1.82) is 0 Å². The van der Waals surface area contributed by atoms with Crippen LogP contribution in [-0.2, 0) is 26.2 Å². The number of hydrogen-bond donors (Lipinski definition) is 1. The maximum atomic E-state index is 13.2. The first-order valence-electron chi connectivity index (χ1n) is 10.0. The van der Waals surface area contributed by atoms with Crippen molar-refractivity contribution in [3.8, 4) is 5.75 Å². The van der Waals surface area contributed by atoms with Gasteiger partial charge >= 0.3 is 0 Å². The number of sulfonamides is 1. The number of nitrogens with one attached hydrogen (secondary N) is 1. The first kappa shape index (κ1) is 25.6. The van der Waals surface area contributed by atoms with E-state index in [4.69, 9.17) is 16.3 Å². The predicted molar refractivity (Wildman–Crippen MR) is 123 cm³/mol. The number of carbonyl (C=O) groups excluding carboxylic acids is 2. The van der Waals surface area contributed by atoms with Crippen LogP contribution in [0.5, 0.6) is 5.75 Å². The Kier molecular flexibility index (Phi) is 9.06. The van der Waals surface area contributed by atoms with Crippen LogP contribution in [0.1, 0.15) is 19.4 Å². The van der Waals surface area contributed by atoms with Gasteiger partial charge in [-0.2, -0.15) is 4.31 Å². The third kappa shape index (κ3) is 6.44. The largest absolute Gasteiger partial charge is 0.497 e.